The van der Waals surface area contributed by atoms with Crippen molar-refractivity contribution < 1.29 is 14.5 Å². The summed E-state index contributed by atoms with van der Waals surface area (Å²) in [5.41, 5.74) is 1.17. The standard InChI is InChI=1S/C17H25N3O4/c1-5-18(3)10-13-6-7-19(11-13)14-8-12(2)16(20(22)23)15(9-14)17(21)24-4/h8-9,13H,5-7,10-11H2,1-4H3/t13-/m1/s1. The molecule has 7 heteroatoms. The van der Waals surface area contributed by atoms with Crippen molar-refractivity contribution in [2.75, 3.05) is 45.2 Å². The normalized spacial score (nSPS) is 17.4. The van der Waals surface area contributed by atoms with Crippen LogP contribution >= 0.6 is 0 Å². The van der Waals surface area contributed by atoms with Crippen LogP contribution in [0.1, 0.15) is 29.3 Å². The largest absolute Gasteiger partial charge is 0.465 e. The van der Waals surface area contributed by atoms with Gasteiger partial charge in [0.05, 0.1) is 12.0 Å². The number of benzene rings is 1. The summed E-state index contributed by atoms with van der Waals surface area (Å²) in [4.78, 5) is 27.2. The minimum absolute atomic E-state index is 0.0200. The number of esters is 1. The third-order valence-corrected chi connectivity index (χ3v) is 4.63. The zero-order chi connectivity index (χ0) is 17.9. The Morgan fingerprint density at radius 2 is 2.21 bits per heavy atom. The van der Waals surface area contributed by atoms with Crippen LogP contribution in [0.3, 0.4) is 0 Å². The molecule has 1 aromatic carbocycles. The highest BCUT2D eigenvalue weighted by atomic mass is 16.6. The number of hydrogen-bond donors (Lipinski definition) is 0. The SMILES string of the molecule is CCN(C)C[C@H]1CCN(c2cc(C)c([N+](=O)[O-])c(C(=O)OC)c2)C1. The molecule has 0 saturated carbocycles. The number of aryl methyl sites for hydroxylation is 1. The molecule has 1 heterocycles. The third-order valence-electron chi connectivity index (χ3n) is 4.63. The molecule has 0 N–H and O–H groups in total. The van der Waals surface area contributed by atoms with Crippen LogP contribution in [0.2, 0.25) is 0 Å². The fraction of sp³-hybridized carbons (Fsp3) is 0.588. The first-order chi connectivity index (χ1) is 11.4. The second-order valence-corrected chi connectivity index (χ2v) is 6.36. The smallest absolute Gasteiger partial charge is 0.344 e. The number of hydrogen-bond acceptors (Lipinski definition) is 6. The molecule has 0 unspecified atom stereocenters. The van der Waals surface area contributed by atoms with Crippen molar-refractivity contribution in [3.63, 3.8) is 0 Å². The van der Waals surface area contributed by atoms with Crippen molar-refractivity contribution in [1.29, 1.82) is 0 Å². The van der Waals surface area contributed by atoms with E-state index in [0.29, 0.717) is 11.5 Å². The van der Waals surface area contributed by atoms with Gasteiger partial charge in [0.1, 0.15) is 5.56 Å². The molecular formula is C17H25N3O4. The van der Waals surface area contributed by atoms with Crippen LogP contribution in [0, 0.1) is 23.0 Å². The average molecular weight is 335 g/mol. The van der Waals surface area contributed by atoms with E-state index in [4.69, 9.17) is 4.74 Å². The Morgan fingerprint density at radius 3 is 2.79 bits per heavy atom. The van der Waals surface area contributed by atoms with Crippen LogP contribution < -0.4 is 4.90 Å². The number of nitrogens with zero attached hydrogens (tertiary/aromatic N) is 3. The fourth-order valence-corrected chi connectivity index (χ4v) is 3.24. The summed E-state index contributed by atoms with van der Waals surface area (Å²) < 4.78 is 4.72. The van der Waals surface area contributed by atoms with Gasteiger partial charge in [-0.15, -0.1) is 0 Å². The maximum absolute atomic E-state index is 12.0. The number of rotatable bonds is 6. The lowest BCUT2D eigenvalue weighted by Gasteiger charge is -2.22. The Hall–Kier alpha value is -2.15. The highest BCUT2D eigenvalue weighted by molar-refractivity contribution is 5.95. The average Bonchev–Trinajstić information content (AvgIpc) is 3.01. The molecule has 1 atom stereocenters. The Morgan fingerprint density at radius 1 is 1.50 bits per heavy atom. The molecule has 0 aliphatic carbocycles. The van der Waals surface area contributed by atoms with E-state index in [0.717, 1.165) is 38.3 Å². The first-order valence-electron chi connectivity index (χ1n) is 8.18. The molecule has 1 aliphatic heterocycles. The lowest BCUT2D eigenvalue weighted by Crippen LogP contribution is -2.28. The van der Waals surface area contributed by atoms with Crippen molar-refractivity contribution >= 4 is 17.3 Å². The van der Waals surface area contributed by atoms with Gasteiger partial charge in [-0.25, -0.2) is 4.79 Å². The summed E-state index contributed by atoms with van der Waals surface area (Å²) in [6.07, 6.45) is 1.08. The highest BCUT2D eigenvalue weighted by Gasteiger charge is 2.29. The van der Waals surface area contributed by atoms with E-state index in [9.17, 15) is 14.9 Å². The van der Waals surface area contributed by atoms with E-state index in [1.54, 1.807) is 19.1 Å². The lowest BCUT2D eigenvalue weighted by atomic mass is 10.1. The predicted octanol–water partition coefficient (Wildman–Crippen LogP) is 2.47. The topological polar surface area (TPSA) is 75.9 Å². The van der Waals surface area contributed by atoms with Gasteiger partial charge in [-0.05, 0) is 45.0 Å². The molecule has 1 fully saturated rings. The van der Waals surface area contributed by atoms with Gasteiger partial charge in [0.15, 0.2) is 0 Å². The van der Waals surface area contributed by atoms with Gasteiger partial charge in [-0.1, -0.05) is 6.92 Å². The van der Waals surface area contributed by atoms with Gasteiger partial charge in [-0.2, -0.15) is 0 Å². The van der Waals surface area contributed by atoms with Crippen LogP contribution in [-0.4, -0.2) is 56.1 Å². The molecule has 132 valence electrons. The van der Waals surface area contributed by atoms with Crippen molar-refractivity contribution in [1.82, 2.24) is 4.90 Å². The molecular weight excluding hydrogens is 310 g/mol. The molecule has 0 bridgehead atoms. The maximum atomic E-state index is 12.0. The number of carbonyl (C=O) groups excluding carboxylic acids is 1. The summed E-state index contributed by atoms with van der Waals surface area (Å²) in [7, 11) is 3.34. The zero-order valence-corrected chi connectivity index (χ0v) is 14.7. The zero-order valence-electron chi connectivity index (χ0n) is 14.7. The minimum atomic E-state index is -0.673. The fourth-order valence-electron chi connectivity index (χ4n) is 3.24. The number of nitro groups is 1. The Kier molecular flexibility index (Phi) is 5.77. The monoisotopic (exact) mass is 335 g/mol. The van der Waals surface area contributed by atoms with E-state index in [1.165, 1.54) is 7.11 Å². The van der Waals surface area contributed by atoms with E-state index in [-0.39, 0.29) is 11.3 Å². The minimum Gasteiger partial charge on any atom is -0.465 e. The van der Waals surface area contributed by atoms with E-state index < -0.39 is 10.9 Å². The van der Waals surface area contributed by atoms with Gasteiger partial charge in [0.2, 0.25) is 0 Å². The van der Waals surface area contributed by atoms with Crippen LogP contribution in [0.5, 0.6) is 0 Å². The van der Waals surface area contributed by atoms with Gasteiger partial charge < -0.3 is 14.5 Å². The second kappa shape index (κ2) is 7.61. The molecule has 1 aliphatic rings. The Balaban J connectivity index is 2.27. The summed E-state index contributed by atoms with van der Waals surface area (Å²) in [5.74, 6) is -0.111. The maximum Gasteiger partial charge on any atom is 0.344 e. The van der Waals surface area contributed by atoms with Gasteiger partial charge in [0.25, 0.3) is 5.69 Å². The van der Waals surface area contributed by atoms with E-state index in [1.807, 2.05) is 0 Å². The van der Waals surface area contributed by atoms with Gasteiger partial charge in [-0.3, -0.25) is 10.1 Å². The third kappa shape index (κ3) is 3.84. The summed E-state index contributed by atoms with van der Waals surface area (Å²) in [6, 6.07) is 3.37. The molecule has 2 rings (SSSR count). The number of methoxy groups -OCH3 is 1. The van der Waals surface area contributed by atoms with Crippen molar-refractivity contribution in [3.8, 4) is 0 Å². The lowest BCUT2D eigenvalue weighted by molar-refractivity contribution is -0.385. The quantitative estimate of drug-likeness (QED) is 0.451. The second-order valence-electron chi connectivity index (χ2n) is 6.36. The first kappa shape index (κ1) is 18.2. The molecule has 0 radical (unpaired) electrons. The van der Waals surface area contributed by atoms with Crippen molar-refractivity contribution in [3.05, 3.63) is 33.4 Å². The first-order valence-corrected chi connectivity index (χ1v) is 8.18. The van der Waals surface area contributed by atoms with E-state index >= 15 is 0 Å². The highest BCUT2D eigenvalue weighted by Crippen LogP contribution is 2.32. The summed E-state index contributed by atoms with van der Waals surface area (Å²) >= 11 is 0. The van der Waals surface area contributed by atoms with Crippen LogP contribution in [0.15, 0.2) is 12.1 Å². The van der Waals surface area contributed by atoms with E-state index in [2.05, 4.69) is 23.8 Å². The molecule has 1 saturated heterocycles. The summed E-state index contributed by atoms with van der Waals surface area (Å²) in [5, 5.41) is 11.3. The molecule has 24 heavy (non-hydrogen) atoms. The summed E-state index contributed by atoms with van der Waals surface area (Å²) in [6.45, 7) is 7.62. The van der Waals surface area contributed by atoms with Crippen LogP contribution in [0.4, 0.5) is 11.4 Å². The van der Waals surface area contributed by atoms with Crippen molar-refractivity contribution in [2.45, 2.75) is 20.3 Å². The van der Waals surface area contributed by atoms with Crippen molar-refractivity contribution in [2.24, 2.45) is 5.92 Å². The molecule has 0 aromatic heterocycles. The molecule has 1 aromatic rings. The Bertz CT molecular complexity index is 633. The van der Waals surface area contributed by atoms with Gasteiger partial charge >= 0.3 is 5.97 Å². The molecule has 7 nitrogen and oxygen atoms in total. The number of ether oxygens (including phenoxy) is 1. The number of nitro benzene ring substituents is 1. The molecule has 0 amide bonds. The van der Waals surface area contributed by atoms with Crippen LogP contribution in [-0.2, 0) is 4.74 Å². The number of anilines is 1. The Labute approximate surface area is 142 Å². The number of carbonyl (C=O) groups is 1. The predicted molar refractivity (Wildman–Crippen MR) is 92.7 cm³/mol. The molecule has 0 spiro atoms. The van der Waals surface area contributed by atoms with Gasteiger partial charge in [0, 0.05) is 30.9 Å². The van der Waals surface area contributed by atoms with Crippen LogP contribution in [0.25, 0.3) is 0 Å².